The van der Waals surface area contributed by atoms with Crippen molar-refractivity contribution in [2.24, 2.45) is 5.73 Å². The molecule has 0 saturated carbocycles. The number of methoxy groups -OCH3 is 1. The van der Waals surface area contributed by atoms with Gasteiger partial charge >= 0.3 is 0 Å². The molecule has 0 aliphatic rings. The first-order chi connectivity index (χ1) is 8.15. The molecule has 0 fully saturated rings. The summed E-state index contributed by atoms with van der Waals surface area (Å²) in [5.41, 5.74) is 6.66. The van der Waals surface area contributed by atoms with Gasteiger partial charge in [0.15, 0.2) is 0 Å². The molecule has 0 spiro atoms. The Morgan fingerprint density at radius 3 is 2.94 bits per heavy atom. The van der Waals surface area contributed by atoms with E-state index in [4.69, 9.17) is 10.5 Å². The first-order valence-electron chi connectivity index (χ1n) is 5.81. The maximum atomic E-state index is 11.6. The van der Waals surface area contributed by atoms with Crippen LogP contribution in [0.25, 0.3) is 0 Å². The largest absolute Gasteiger partial charge is 0.497 e. The number of benzene rings is 1. The molecule has 1 aromatic rings. The zero-order chi connectivity index (χ0) is 12.7. The molecule has 1 rings (SSSR count). The predicted octanol–water partition coefficient (Wildman–Crippen LogP) is 1.09. The lowest BCUT2D eigenvalue weighted by Crippen LogP contribution is -2.37. The van der Waals surface area contributed by atoms with Crippen molar-refractivity contribution in [2.75, 3.05) is 13.7 Å². The molecular formula is C13H20N2O2. The Hall–Kier alpha value is -1.55. The van der Waals surface area contributed by atoms with Gasteiger partial charge in [-0.1, -0.05) is 19.1 Å². The number of nitrogens with one attached hydrogen (secondary N) is 1. The third-order valence-corrected chi connectivity index (χ3v) is 2.58. The van der Waals surface area contributed by atoms with Crippen molar-refractivity contribution in [3.63, 3.8) is 0 Å². The number of rotatable bonds is 6. The highest BCUT2D eigenvalue weighted by atomic mass is 16.5. The molecule has 1 aromatic carbocycles. The number of nitrogens with two attached hydrogens (primary N) is 1. The van der Waals surface area contributed by atoms with Gasteiger partial charge in [0.25, 0.3) is 0 Å². The first-order valence-corrected chi connectivity index (χ1v) is 5.81. The van der Waals surface area contributed by atoms with Crippen LogP contribution in [-0.4, -0.2) is 25.6 Å². The maximum Gasteiger partial charge on any atom is 0.224 e. The summed E-state index contributed by atoms with van der Waals surface area (Å²) in [6, 6.07) is 7.53. The van der Waals surface area contributed by atoms with Gasteiger partial charge in [0.05, 0.1) is 13.5 Å². The van der Waals surface area contributed by atoms with Crippen molar-refractivity contribution >= 4 is 5.91 Å². The molecule has 0 aromatic heterocycles. The van der Waals surface area contributed by atoms with Crippen LogP contribution in [0.4, 0.5) is 0 Å². The summed E-state index contributed by atoms with van der Waals surface area (Å²) >= 11 is 0. The summed E-state index contributed by atoms with van der Waals surface area (Å²) in [4.78, 5) is 11.6. The summed E-state index contributed by atoms with van der Waals surface area (Å²) in [5.74, 6) is 0.753. The van der Waals surface area contributed by atoms with Gasteiger partial charge in [-0.15, -0.1) is 0 Å². The van der Waals surface area contributed by atoms with Crippen molar-refractivity contribution < 1.29 is 9.53 Å². The van der Waals surface area contributed by atoms with Crippen LogP contribution in [0.1, 0.15) is 18.9 Å². The molecule has 17 heavy (non-hydrogen) atoms. The average molecular weight is 236 g/mol. The lowest BCUT2D eigenvalue weighted by molar-refractivity contribution is -0.120. The summed E-state index contributed by atoms with van der Waals surface area (Å²) in [6.45, 7) is 2.53. The zero-order valence-electron chi connectivity index (χ0n) is 10.4. The van der Waals surface area contributed by atoms with Crippen molar-refractivity contribution in [3.05, 3.63) is 29.8 Å². The fourth-order valence-corrected chi connectivity index (χ4v) is 1.42. The van der Waals surface area contributed by atoms with Crippen LogP contribution in [0, 0.1) is 0 Å². The number of hydrogen-bond acceptors (Lipinski definition) is 3. The third kappa shape index (κ3) is 4.87. The fourth-order valence-electron chi connectivity index (χ4n) is 1.42. The molecule has 0 aliphatic heterocycles. The second-order valence-corrected chi connectivity index (χ2v) is 4.00. The molecule has 4 nitrogen and oxygen atoms in total. The van der Waals surface area contributed by atoms with E-state index in [1.54, 1.807) is 7.11 Å². The van der Waals surface area contributed by atoms with Gasteiger partial charge in [-0.2, -0.15) is 0 Å². The first kappa shape index (κ1) is 13.5. The van der Waals surface area contributed by atoms with E-state index in [0.717, 1.165) is 17.7 Å². The summed E-state index contributed by atoms with van der Waals surface area (Å²) in [6.07, 6.45) is 1.22. The van der Waals surface area contributed by atoms with Gasteiger partial charge < -0.3 is 15.8 Å². The molecule has 4 heteroatoms. The van der Waals surface area contributed by atoms with E-state index in [0.29, 0.717) is 13.0 Å². The monoisotopic (exact) mass is 236 g/mol. The smallest absolute Gasteiger partial charge is 0.224 e. The van der Waals surface area contributed by atoms with Gasteiger partial charge in [0.1, 0.15) is 5.75 Å². The second-order valence-electron chi connectivity index (χ2n) is 4.00. The quantitative estimate of drug-likeness (QED) is 0.777. The number of carbonyl (C=O) groups excluding carboxylic acids is 1. The van der Waals surface area contributed by atoms with Crippen LogP contribution >= 0.6 is 0 Å². The van der Waals surface area contributed by atoms with E-state index in [-0.39, 0.29) is 11.9 Å². The summed E-state index contributed by atoms with van der Waals surface area (Å²) < 4.78 is 5.10. The fraction of sp³-hybridized carbons (Fsp3) is 0.462. The van der Waals surface area contributed by atoms with Gasteiger partial charge in [-0.25, -0.2) is 0 Å². The Kier molecular flexibility index (Phi) is 5.49. The number of amides is 1. The van der Waals surface area contributed by atoms with Crippen LogP contribution in [0.3, 0.4) is 0 Å². The van der Waals surface area contributed by atoms with Gasteiger partial charge in [0, 0.05) is 12.6 Å². The minimum absolute atomic E-state index is 0.0119. The van der Waals surface area contributed by atoms with Crippen LogP contribution in [-0.2, 0) is 11.2 Å². The molecule has 3 N–H and O–H groups in total. The predicted molar refractivity (Wildman–Crippen MR) is 68.0 cm³/mol. The zero-order valence-corrected chi connectivity index (χ0v) is 10.4. The van der Waals surface area contributed by atoms with Crippen LogP contribution in [0.5, 0.6) is 5.75 Å². The third-order valence-electron chi connectivity index (χ3n) is 2.58. The van der Waals surface area contributed by atoms with E-state index >= 15 is 0 Å². The Labute approximate surface area is 102 Å². The topological polar surface area (TPSA) is 64.3 Å². The van der Waals surface area contributed by atoms with E-state index in [2.05, 4.69) is 5.32 Å². The SMILES string of the molecule is CCC(N)CNC(=O)Cc1cccc(OC)c1. The summed E-state index contributed by atoms with van der Waals surface area (Å²) in [7, 11) is 1.61. The average Bonchev–Trinajstić information content (AvgIpc) is 2.36. The number of carbonyl (C=O) groups is 1. The minimum Gasteiger partial charge on any atom is -0.497 e. The molecule has 0 aliphatic carbocycles. The van der Waals surface area contributed by atoms with Crippen molar-refractivity contribution in [3.8, 4) is 5.75 Å². The van der Waals surface area contributed by atoms with Gasteiger partial charge in [-0.05, 0) is 24.1 Å². The molecule has 1 unspecified atom stereocenters. The highest BCUT2D eigenvalue weighted by Gasteiger charge is 2.06. The Balaban J connectivity index is 2.44. The number of hydrogen-bond donors (Lipinski definition) is 2. The Morgan fingerprint density at radius 2 is 2.29 bits per heavy atom. The molecule has 0 heterocycles. The van der Waals surface area contributed by atoms with Crippen molar-refractivity contribution in [1.82, 2.24) is 5.32 Å². The lowest BCUT2D eigenvalue weighted by Gasteiger charge is -2.10. The highest BCUT2D eigenvalue weighted by Crippen LogP contribution is 2.12. The molecule has 0 bridgehead atoms. The Bertz CT molecular complexity index is 366. The molecule has 94 valence electrons. The summed E-state index contributed by atoms with van der Waals surface area (Å²) in [5, 5.41) is 2.81. The molecular weight excluding hydrogens is 216 g/mol. The van der Waals surface area contributed by atoms with E-state index in [9.17, 15) is 4.79 Å². The molecule has 0 saturated heterocycles. The molecule has 1 atom stereocenters. The van der Waals surface area contributed by atoms with Gasteiger partial charge in [0.2, 0.25) is 5.91 Å². The maximum absolute atomic E-state index is 11.6. The lowest BCUT2D eigenvalue weighted by atomic mass is 10.1. The van der Waals surface area contributed by atoms with Crippen LogP contribution in [0.15, 0.2) is 24.3 Å². The Morgan fingerprint density at radius 1 is 1.53 bits per heavy atom. The van der Waals surface area contributed by atoms with E-state index in [1.807, 2.05) is 31.2 Å². The normalized spacial score (nSPS) is 11.9. The van der Waals surface area contributed by atoms with Crippen molar-refractivity contribution in [1.29, 1.82) is 0 Å². The number of ether oxygens (including phenoxy) is 1. The molecule has 0 radical (unpaired) electrons. The second kappa shape index (κ2) is 6.91. The highest BCUT2D eigenvalue weighted by molar-refractivity contribution is 5.78. The standard InChI is InChI=1S/C13H20N2O2/c1-3-11(14)9-15-13(16)8-10-5-4-6-12(7-10)17-2/h4-7,11H,3,8-9,14H2,1-2H3,(H,15,16). The van der Waals surface area contributed by atoms with E-state index in [1.165, 1.54) is 0 Å². The van der Waals surface area contributed by atoms with E-state index < -0.39 is 0 Å². The van der Waals surface area contributed by atoms with Crippen molar-refractivity contribution in [2.45, 2.75) is 25.8 Å². The van der Waals surface area contributed by atoms with Crippen LogP contribution < -0.4 is 15.8 Å². The van der Waals surface area contributed by atoms with Crippen LogP contribution in [0.2, 0.25) is 0 Å². The molecule has 1 amide bonds. The van der Waals surface area contributed by atoms with Gasteiger partial charge in [-0.3, -0.25) is 4.79 Å². The minimum atomic E-state index is -0.0119.